The van der Waals surface area contributed by atoms with Crippen molar-refractivity contribution in [3.05, 3.63) is 18.0 Å². The monoisotopic (exact) mass is 350 g/mol. The highest BCUT2D eigenvalue weighted by atomic mass is 33.1. The number of aryl methyl sites for hydroxylation is 2. The molecule has 7 heteroatoms. The molecule has 1 aliphatic rings. The van der Waals surface area contributed by atoms with Crippen molar-refractivity contribution in [1.29, 1.82) is 0 Å². The molecule has 0 saturated carbocycles. The fourth-order valence-corrected chi connectivity index (χ4v) is 5.85. The molecular weight excluding hydrogens is 328 g/mol. The van der Waals surface area contributed by atoms with Crippen LogP contribution in [-0.2, 0) is 11.8 Å². The maximum absolute atomic E-state index is 12.1. The second kappa shape index (κ2) is 7.57. The van der Waals surface area contributed by atoms with E-state index in [-0.39, 0.29) is 5.91 Å². The standard InChI is InChI=1S/C16H22N4OS2/c1-11-14-9-12(10-17-16(14)20(2)19-11)18-15(21)6-4-3-5-13-7-8-22-23-13/h9-10,13H,3-8H2,1-2H3,(H,18,21). The number of amides is 1. The number of hydrogen-bond donors (Lipinski definition) is 1. The van der Waals surface area contributed by atoms with Gasteiger partial charge in [-0.3, -0.25) is 9.48 Å². The highest BCUT2D eigenvalue weighted by molar-refractivity contribution is 8.77. The largest absolute Gasteiger partial charge is 0.325 e. The first-order valence-electron chi connectivity index (χ1n) is 8.01. The van der Waals surface area contributed by atoms with E-state index in [1.807, 2.05) is 41.6 Å². The lowest BCUT2D eigenvalue weighted by Crippen LogP contribution is -2.11. The van der Waals surface area contributed by atoms with Crippen LogP contribution in [0.15, 0.2) is 12.3 Å². The number of anilines is 1. The molecule has 1 N–H and O–H groups in total. The van der Waals surface area contributed by atoms with Crippen LogP contribution in [0.3, 0.4) is 0 Å². The first-order chi connectivity index (χ1) is 11.1. The summed E-state index contributed by atoms with van der Waals surface area (Å²) in [5, 5.41) is 9.08. The topological polar surface area (TPSA) is 59.8 Å². The normalized spacial score (nSPS) is 17.7. The van der Waals surface area contributed by atoms with E-state index in [0.29, 0.717) is 6.42 Å². The zero-order valence-corrected chi connectivity index (χ0v) is 15.2. The van der Waals surface area contributed by atoms with Crippen molar-refractivity contribution in [1.82, 2.24) is 14.8 Å². The molecule has 0 bridgehead atoms. The average Bonchev–Trinajstić information content (AvgIpc) is 3.13. The van der Waals surface area contributed by atoms with Gasteiger partial charge in [-0.05, 0) is 32.3 Å². The fourth-order valence-electron chi connectivity index (χ4n) is 2.82. The Morgan fingerprint density at radius 1 is 1.48 bits per heavy atom. The molecule has 1 fully saturated rings. The number of nitrogens with zero attached hydrogens (tertiary/aromatic N) is 3. The van der Waals surface area contributed by atoms with Crippen molar-refractivity contribution >= 4 is 44.2 Å². The van der Waals surface area contributed by atoms with E-state index < -0.39 is 0 Å². The van der Waals surface area contributed by atoms with Gasteiger partial charge < -0.3 is 5.32 Å². The van der Waals surface area contributed by atoms with E-state index in [1.165, 1.54) is 18.6 Å². The van der Waals surface area contributed by atoms with Gasteiger partial charge in [-0.25, -0.2) is 4.98 Å². The second-order valence-corrected chi connectivity index (χ2v) is 8.71. The lowest BCUT2D eigenvalue weighted by Gasteiger charge is -2.07. The number of unbranched alkanes of at least 4 members (excludes halogenated alkanes) is 1. The molecule has 2 aromatic heterocycles. The molecular formula is C16H22N4OS2. The molecule has 0 spiro atoms. The Morgan fingerprint density at radius 3 is 3.13 bits per heavy atom. The maximum atomic E-state index is 12.1. The van der Waals surface area contributed by atoms with Gasteiger partial charge in [0.25, 0.3) is 0 Å². The zero-order valence-electron chi connectivity index (χ0n) is 13.5. The van der Waals surface area contributed by atoms with Crippen LogP contribution < -0.4 is 5.32 Å². The summed E-state index contributed by atoms with van der Waals surface area (Å²) >= 11 is 0. The summed E-state index contributed by atoms with van der Waals surface area (Å²) in [5.74, 6) is 1.35. The summed E-state index contributed by atoms with van der Waals surface area (Å²) in [6, 6.07) is 1.95. The maximum Gasteiger partial charge on any atom is 0.224 e. The molecule has 3 rings (SSSR count). The van der Waals surface area contributed by atoms with Crippen molar-refractivity contribution in [3.8, 4) is 0 Å². The summed E-state index contributed by atoms with van der Waals surface area (Å²) in [4.78, 5) is 16.4. The van der Waals surface area contributed by atoms with Gasteiger partial charge in [-0.1, -0.05) is 28.0 Å². The minimum Gasteiger partial charge on any atom is -0.325 e. The van der Waals surface area contributed by atoms with E-state index in [1.54, 1.807) is 10.9 Å². The molecule has 0 aromatic carbocycles. The number of pyridine rings is 1. The van der Waals surface area contributed by atoms with Crippen molar-refractivity contribution in [2.75, 3.05) is 11.1 Å². The Kier molecular flexibility index (Phi) is 5.48. The molecule has 0 radical (unpaired) electrons. The van der Waals surface area contributed by atoms with E-state index in [4.69, 9.17) is 0 Å². The number of carbonyl (C=O) groups excluding carboxylic acids is 1. The summed E-state index contributed by atoms with van der Waals surface area (Å²) < 4.78 is 1.76. The van der Waals surface area contributed by atoms with E-state index in [0.717, 1.165) is 40.5 Å². The zero-order chi connectivity index (χ0) is 16.2. The molecule has 124 valence electrons. The number of hydrogen-bond acceptors (Lipinski definition) is 5. The van der Waals surface area contributed by atoms with Gasteiger partial charge in [0.2, 0.25) is 5.91 Å². The molecule has 2 aromatic rings. The van der Waals surface area contributed by atoms with Crippen LogP contribution in [0, 0.1) is 6.92 Å². The minimum absolute atomic E-state index is 0.0705. The Hall–Kier alpha value is -1.21. The third-order valence-corrected chi connectivity index (χ3v) is 7.06. The molecule has 1 amide bonds. The highest BCUT2D eigenvalue weighted by Gasteiger charge is 2.16. The number of rotatable bonds is 6. The smallest absolute Gasteiger partial charge is 0.224 e. The van der Waals surface area contributed by atoms with Crippen LogP contribution in [0.25, 0.3) is 11.0 Å². The van der Waals surface area contributed by atoms with Gasteiger partial charge in [0.1, 0.15) is 0 Å². The van der Waals surface area contributed by atoms with Crippen LogP contribution in [0.5, 0.6) is 0 Å². The van der Waals surface area contributed by atoms with Crippen LogP contribution in [-0.4, -0.2) is 31.7 Å². The van der Waals surface area contributed by atoms with Gasteiger partial charge in [0.15, 0.2) is 5.65 Å². The number of nitrogens with one attached hydrogen (secondary N) is 1. The molecule has 1 aliphatic heterocycles. The van der Waals surface area contributed by atoms with Crippen molar-refractivity contribution in [2.24, 2.45) is 7.05 Å². The predicted molar refractivity (Wildman–Crippen MR) is 98.8 cm³/mol. The summed E-state index contributed by atoms with van der Waals surface area (Å²) in [6.07, 6.45) is 6.91. The Morgan fingerprint density at radius 2 is 2.35 bits per heavy atom. The Labute approximate surface area is 144 Å². The SMILES string of the molecule is Cc1nn(C)c2ncc(NC(=O)CCCCC3CCSS3)cc12. The highest BCUT2D eigenvalue weighted by Crippen LogP contribution is 2.39. The molecule has 23 heavy (non-hydrogen) atoms. The van der Waals surface area contributed by atoms with Crippen LogP contribution in [0.4, 0.5) is 5.69 Å². The molecule has 1 unspecified atom stereocenters. The quantitative estimate of drug-likeness (QED) is 0.632. The summed E-state index contributed by atoms with van der Waals surface area (Å²) in [7, 11) is 5.86. The number of fused-ring (bicyclic) bond motifs is 1. The molecule has 1 saturated heterocycles. The van der Waals surface area contributed by atoms with Gasteiger partial charge in [-0.2, -0.15) is 5.10 Å². The minimum atomic E-state index is 0.0705. The third-order valence-electron chi connectivity index (χ3n) is 4.05. The van der Waals surface area contributed by atoms with E-state index in [2.05, 4.69) is 15.4 Å². The fraction of sp³-hybridized carbons (Fsp3) is 0.562. The lowest BCUT2D eigenvalue weighted by molar-refractivity contribution is -0.116. The Balaban J connectivity index is 1.48. The average molecular weight is 351 g/mol. The molecule has 1 atom stereocenters. The Bertz CT molecular complexity index is 695. The number of aromatic nitrogens is 3. The molecule has 3 heterocycles. The first kappa shape index (κ1) is 16.6. The van der Waals surface area contributed by atoms with Crippen molar-refractivity contribution in [2.45, 2.75) is 44.3 Å². The third kappa shape index (κ3) is 4.20. The number of carbonyl (C=O) groups is 1. The first-order valence-corrected chi connectivity index (χ1v) is 10.4. The van der Waals surface area contributed by atoms with E-state index in [9.17, 15) is 4.79 Å². The predicted octanol–water partition coefficient (Wildman–Crippen LogP) is 3.93. The molecule has 5 nitrogen and oxygen atoms in total. The van der Waals surface area contributed by atoms with Crippen molar-refractivity contribution < 1.29 is 4.79 Å². The van der Waals surface area contributed by atoms with Crippen LogP contribution >= 0.6 is 21.6 Å². The lowest BCUT2D eigenvalue weighted by atomic mass is 10.1. The van der Waals surface area contributed by atoms with Crippen LogP contribution in [0.2, 0.25) is 0 Å². The van der Waals surface area contributed by atoms with Gasteiger partial charge in [-0.15, -0.1) is 0 Å². The van der Waals surface area contributed by atoms with E-state index >= 15 is 0 Å². The summed E-state index contributed by atoms with van der Waals surface area (Å²) in [5.41, 5.74) is 2.52. The van der Waals surface area contributed by atoms with Gasteiger partial charge in [0, 0.05) is 29.9 Å². The van der Waals surface area contributed by atoms with Gasteiger partial charge >= 0.3 is 0 Å². The van der Waals surface area contributed by atoms with Crippen molar-refractivity contribution in [3.63, 3.8) is 0 Å². The summed E-state index contributed by atoms with van der Waals surface area (Å²) in [6.45, 7) is 1.95. The van der Waals surface area contributed by atoms with Gasteiger partial charge in [0.05, 0.1) is 17.6 Å². The van der Waals surface area contributed by atoms with Crippen LogP contribution in [0.1, 0.15) is 37.8 Å². The second-order valence-electron chi connectivity index (χ2n) is 5.93. The molecule has 0 aliphatic carbocycles.